The number of amides is 2. The number of rotatable bonds is 5. The van der Waals surface area contributed by atoms with E-state index in [2.05, 4.69) is 26.6 Å². The number of piperidine rings is 2. The molecule has 0 saturated carbocycles. The van der Waals surface area contributed by atoms with Gasteiger partial charge in [0.1, 0.15) is 11.6 Å². The van der Waals surface area contributed by atoms with E-state index in [0.717, 1.165) is 54.1 Å². The molecule has 8 rings (SSSR count). The number of hydrogen-bond donors (Lipinski definition) is 2. The van der Waals surface area contributed by atoms with Crippen molar-refractivity contribution in [3.8, 4) is 6.19 Å². The molecule has 0 aliphatic carbocycles. The van der Waals surface area contributed by atoms with Gasteiger partial charge in [-0.05, 0) is 79.3 Å². The summed E-state index contributed by atoms with van der Waals surface area (Å²) in [6.45, 7) is 2.95. The standard InChI is InChI=1S/C20H22F4N4O3S.C19H19ClFN5O/c1-32(30,31)28-9-6-17-15(11-28)18(26-25-17)19(29)27-7-4-12(5-8-27)14-10-13(21)2-3-16(14)20(22,23)24;20-17-13(2-1-3-15(17)21)12-4-8-26(9-5-12)19(27)18-14-6-7-25(11-22)10-16(14)23-24-18/h2-3,10,12H,4-9,11H2,1H3,(H,25,26);1-3,12H,4-10H2,(H,23,24). The summed E-state index contributed by atoms with van der Waals surface area (Å²) in [7, 11) is -3.43. The zero-order chi connectivity index (χ0) is 42.2. The van der Waals surface area contributed by atoms with Crippen LogP contribution in [0.5, 0.6) is 0 Å². The summed E-state index contributed by atoms with van der Waals surface area (Å²) in [5.74, 6) is -1.99. The van der Waals surface area contributed by atoms with Gasteiger partial charge in [-0.15, -0.1) is 0 Å². The number of carbonyl (C=O) groups excluding carboxylic acids is 2. The minimum absolute atomic E-state index is 0.0421. The van der Waals surface area contributed by atoms with Gasteiger partial charge in [-0.2, -0.15) is 32.9 Å². The molecule has 4 aliphatic rings. The average molecular weight is 862 g/mol. The Labute approximate surface area is 342 Å². The lowest BCUT2D eigenvalue weighted by Crippen LogP contribution is -2.40. The number of carbonyl (C=O) groups is 2. The summed E-state index contributed by atoms with van der Waals surface area (Å²) in [5, 5.41) is 23.2. The molecule has 2 aromatic carbocycles. The molecule has 0 unspecified atom stereocenters. The van der Waals surface area contributed by atoms with Crippen LogP contribution >= 0.6 is 11.6 Å². The number of nitrogens with one attached hydrogen (secondary N) is 2. The highest BCUT2D eigenvalue weighted by Crippen LogP contribution is 2.40. The molecule has 6 heterocycles. The van der Waals surface area contributed by atoms with E-state index in [1.165, 1.54) is 15.3 Å². The molecule has 314 valence electrons. The van der Waals surface area contributed by atoms with Gasteiger partial charge in [-0.3, -0.25) is 19.8 Å². The van der Waals surface area contributed by atoms with Gasteiger partial charge in [0.15, 0.2) is 17.6 Å². The third-order valence-electron chi connectivity index (χ3n) is 11.6. The summed E-state index contributed by atoms with van der Waals surface area (Å²) in [6.07, 6.45) is 1.67. The van der Waals surface area contributed by atoms with Crippen LogP contribution in [0.1, 0.15) is 97.7 Å². The number of sulfonamides is 1. The molecule has 0 radical (unpaired) electrons. The quantitative estimate of drug-likeness (QED) is 0.183. The van der Waals surface area contributed by atoms with Crippen molar-refractivity contribution in [2.75, 3.05) is 45.5 Å². The molecular formula is C39H41ClF5N9O4S. The Hall–Kier alpha value is -5.06. The lowest BCUT2D eigenvalue weighted by atomic mass is 9.86. The predicted molar refractivity (Wildman–Crippen MR) is 204 cm³/mol. The Bertz CT molecular complexity index is 2380. The average Bonchev–Trinajstić information content (AvgIpc) is 3.85. The minimum Gasteiger partial charge on any atom is -0.337 e. The van der Waals surface area contributed by atoms with Crippen LogP contribution < -0.4 is 0 Å². The summed E-state index contributed by atoms with van der Waals surface area (Å²) in [6, 6.07) is 7.37. The number of aromatic amines is 2. The SMILES string of the molecule is CS(=O)(=O)N1CCc2[nH]nc(C(=O)N3CCC(c4cc(F)ccc4C(F)(F)F)CC3)c2C1.N#CN1CCc2c(C(=O)N3CCC(c4cccc(F)c4Cl)CC3)n[nH]c2C1. The molecule has 2 aromatic heterocycles. The van der Waals surface area contributed by atoms with Crippen molar-refractivity contribution >= 4 is 33.4 Å². The normalized spacial score (nSPS) is 18.1. The molecule has 2 saturated heterocycles. The second kappa shape index (κ2) is 16.9. The van der Waals surface area contributed by atoms with Crippen molar-refractivity contribution in [2.45, 2.75) is 69.6 Å². The van der Waals surface area contributed by atoms with E-state index in [1.807, 2.05) is 6.07 Å². The molecule has 4 aromatic rings. The van der Waals surface area contributed by atoms with Gasteiger partial charge in [-0.25, -0.2) is 17.2 Å². The number of H-pyrrole nitrogens is 2. The molecule has 2 amide bonds. The number of nitrogens with zero attached hydrogens (tertiary/aromatic N) is 7. The Balaban J connectivity index is 0.000000181. The number of alkyl halides is 3. The third-order valence-corrected chi connectivity index (χ3v) is 13.2. The van der Waals surface area contributed by atoms with Crippen LogP contribution in [-0.4, -0.2) is 105 Å². The number of hydrogen-bond acceptors (Lipinski definition) is 8. The van der Waals surface area contributed by atoms with E-state index < -0.39 is 45.2 Å². The lowest BCUT2D eigenvalue weighted by Gasteiger charge is -2.33. The monoisotopic (exact) mass is 861 g/mol. The van der Waals surface area contributed by atoms with Gasteiger partial charge in [0.05, 0.1) is 29.1 Å². The summed E-state index contributed by atoms with van der Waals surface area (Å²) < 4.78 is 92.5. The van der Waals surface area contributed by atoms with Crippen LogP contribution in [0.2, 0.25) is 5.02 Å². The van der Waals surface area contributed by atoms with Gasteiger partial charge in [0.2, 0.25) is 10.0 Å². The van der Waals surface area contributed by atoms with Crippen LogP contribution in [0.15, 0.2) is 36.4 Å². The van der Waals surface area contributed by atoms with Crippen molar-refractivity contribution < 1.29 is 40.0 Å². The molecule has 2 N–H and O–H groups in total. The lowest BCUT2D eigenvalue weighted by molar-refractivity contribution is -0.138. The van der Waals surface area contributed by atoms with Gasteiger partial charge in [0.25, 0.3) is 11.8 Å². The van der Waals surface area contributed by atoms with Crippen LogP contribution in [0.25, 0.3) is 0 Å². The molecule has 59 heavy (non-hydrogen) atoms. The molecule has 0 bridgehead atoms. The second-order valence-corrected chi connectivity index (χ2v) is 17.5. The van der Waals surface area contributed by atoms with E-state index in [0.29, 0.717) is 62.5 Å². The maximum Gasteiger partial charge on any atom is 0.416 e. The second-order valence-electron chi connectivity index (χ2n) is 15.2. The van der Waals surface area contributed by atoms with Gasteiger partial charge in [-0.1, -0.05) is 23.7 Å². The maximum atomic E-state index is 13.7. The number of fused-ring (bicyclic) bond motifs is 2. The van der Waals surface area contributed by atoms with Crippen LogP contribution in [0, 0.1) is 23.1 Å². The number of benzene rings is 2. The van der Waals surface area contributed by atoms with Crippen LogP contribution in [0.3, 0.4) is 0 Å². The van der Waals surface area contributed by atoms with Crippen molar-refractivity contribution in [3.63, 3.8) is 0 Å². The Kier molecular flexibility index (Phi) is 12.0. The van der Waals surface area contributed by atoms with Crippen molar-refractivity contribution in [1.82, 2.24) is 39.4 Å². The highest BCUT2D eigenvalue weighted by Gasteiger charge is 2.38. The van der Waals surface area contributed by atoms with Gasteiger partial charge < -0.3 is 14.7 Å². The van der Waals surface area contributed by atoms with Crippen LogP contribution in [0.4, 0.5) is 22.0 Å². The number of nitriles is 1. The van der Waals surface area contributed by atoms with E-state index >= 15 is 0 Å². The Morgan fingerprint density at radius 1 is 0.814 bits per heavy atom. The molecule has 0 atom stereocenters. The highest BCUT2D eigenvalue weighted by molar-refractivity contribution is 7.88. The first kappa shape index (κ1) is 42.1. The van der Waals surface area contributed by atoms with E-state index in [4.69, 9.17) is 16.9 Å². The van der Waals surface area contributed by atoms with Crippen molar-refractivity contribution in [1.29, 1.82) is 5.26 Å². The summed E-state index contributed by atoms with van der Waals surface area (Å²) >= 11 is 6.11. The van der Waals surface area contributed by atoms with Crippen molar-refractivity contribution in [3.05, 3.63) is 104 Å². The Morgan fingerprint density at radius 3 is 2.00 bits per heavy atom. The number of halogens is 6. The summed E-state index contributed by atoms with van der Waals surface area (Å²) in [4.78, 5) is 30.9. The molecular weight excluding hydrogens is 821 g/mol. The zero-order valence-electron chi connectivity index (χ0n) is 32.0. The summed E-state index contributed by atoms with van der Waals surface area (Å²) in [5.41, 5.74) is 3.46. The zero-order valence-corrected chi connectivity index (χ0v) is 33.5. The smallest absolute Gasteiger partial charge is 0.337 e. The molecule has 0 spiro atoms. The first-order valence-corrected chi connectivity index (χ1v) is 21.4. The molecule has 13 nitrogen and oxygen atoms in total. The third kappa shape index (κ3) is 8.94. The van der Waals surface area contributed by atoms with E-state index in [1.54, 1.807) is 15.9 Å². The highest BCUT2D eigenvalue weighted by atomic mass is 35.5. The van der Waals surface area contributed by atoms with E-state index in [-0.39, 0.29) is 60.6 Å². The maximum absolute atomic E-state index is 13.7. The first-order chi connectivity index (χ1) is 28.0. The number of likely N-dealkylation sites (tertiary alicyclic amines) is 2. The Morgan fingerprint density at radius 2 is 1.41 bits per heavy atom. The fourth-order valence-corrected chi connectivity index (χ4v) is 9.43. The fourth-order valence-electron chi connectivity index (χ4n) is 8.36. The molecule has 2 fully saturated rings. The van der Waals surface area contributed by atoms with E-state index in [9.17, 15) is 40.0 Å². The molecule has 4 aliphatic heterocycles. The fraction of sp³-hybridized carbons (Fsp3) is 0.462. The number of aromatic nitrogens is 4. The molecule has 20 heteroatoms. The van der Waals surface area contributed by atoms with Gasteiger partial charge >= 0.3 is 6.18 Å². The topological polar surface area (TPSA) is 162 Å². The van der Waals surface area contributed by atoms with Crippen LogP contribution in [-0.2, 0) is 42.1 Å². The minimum atomic E-state index is -4.59. The van der Waals surface area contributed by atoms with Crippen molar-refractivity contribution in [2.24, 2.45) is 0 Å². The predicted octanol–water partition coefficient (Wildman–Crippen LogP) is 5.97. The largest absolute Gasteiger partial charge is 0.416 e. The van der Waals surface area contributed by atoms with Gasteiger partial charge in [0, 0.05) is 69.1 Å². The first-order valence-electron chi connectivity index (χ1n) is 19.1.